The highest BCUT2D eigenvalue weighted by Gasteiger charge is 2.21. The van der Waals surface area contributed by atoms with Gasteiger partial charge in [0.1, 0.15) is 11.6 Å². The minimum Gasteiger partial charge on any atom is -0.494 e. The Morgan fingerprint density at radius 2 is 1.62 bits per heavy atom. The fourth-order valence-corrected chi connectivity index (χ4v) is 4.64. The van der Waals surface area contributed by atoms with Gasteiger partial charge in [0.2, 0.25) is 10.0 Å². The molecule has 37 heavy (non-hydrogen) atoms. The van der Waals surface area contributed by atoms with Gasteiger partial charge in [-0.15, -0.1) is 0 Å². The van der Waals surface area contributed by atoms with Gasteiger partial charge >= 0.3 is 0 Å². The van der Waals surface area contributed by atoms with Gasteiger partial charge in [-0.25, -0.2) is 12.8 Å². The van der Waals surface area contributed by atoms with Crippen molar-refractivity contribution in [2.75, 3.05) is 37.9 Å². The lowest BCUT2D eigenvalue weighted by Gasteiger charge is -2.24. The summed E-state index contributed by atoms with van der Waals surface area (Å²) in [6.07, 6.45) is 1.64. The van der Waals surface area contributed by atoms with Crippen molar-refractivity contribution in [3.8, 4) is 17.2 Å². The molecule has 8 nitrogen and oxygen atoms in total. The van der Waals surface area contributed by atoms with Gasteiger partial charge in [0.05, 0.1) is 39.3 Å². The van der Waals surface area contributed by atoms with E-state index in [1.54, 1.807) is 32.4 Å². The van der Waals surface area contributed by atoms with Gasteiger partial charge in [-0.3, -0.25) is 9.10 Å². The molecule has 1 amide bonds. The van der Waals surface area contributed by atoms with Crippen LogP contribution in [0.3, 0.4) is 0 Å². The minimum atomic E-state index is -3.71. The van der Waals surface area contributed by atoms with Crippen LogP contribution in [-0.4, -0.2) is 48.0 Å². The van der Waals surface area contributed by atoms with Gasteiger partial charge in [-0.05, 0) is 73.5 Å². The molecule has 0 saturated carbocycles. The lowest BCUT2D eigenvalue weighted by Crippen LogP contribution is -2.30. The molecule has 3 rings (SSSR count). The first-order valence-corrected chi connectivity index (χ1v) is 13.5. The van der Waals surface area contributed by atoms with E-state index in [1.807, 2.05) is 25.1 Å². The summed E-state index contributed by atoms with van der Waals surface area (Å²) in [5, 5.41) is 2.89. The number of amides is 1. The average molecular weight is 531 g/mol. The molecule has 0 bridgehead atoms. The van der Waals surface area contributed by atoms with Crippen molar-refractivity contribution < 1.29 is 31.8 Å². The van der Waals surface area contributed by atoms with Crippen LogP contribution in [0.2, 0.25) is 0 Å². The molecule has 0 spiro atoms. The number of carbonyl (C=O) groups is 1. The second kappa shape index (κ2) is 12.4. The quantitative estimate of drug-likeness (QED) is 0.378. The Morgan fingerprint density at radius 3 is 2.24 bits per heavy atom. The number of nitrogens with zero attached hydrogens (tertiary/aromatic N) is 1. The standard InChI is InChI=1S/C27H31FN2O6S/c1-5-36-24-13-7-20(27(31)29-15-14-19-6-12-25(34-2)26(16-19)35-3)17-21(24)18-30(37(4,32)33)23-10-8-22(28)9-11-23/h6-13,16-17H,5,14-15,18H2,1-4H3,(H,29,31). The number of carbonyl (C=O) groups excluding carboxylic acids is 1. The van der Waals surface area contributed by atoms with Crippen LogP contribution in [0.1, 0.15) is 28.4 Å². The molecule has 10 heteroatoms. The first kappa shape index (κ1) is 27.8. The van der Waals surface area contributed by atoms with Crippen molar-refractivity contribution in [3.05, 3.63) is 83.2 Å². The van der Waals surface area contributed by atoms with E-state index in [1.165, 1.54) is 24.3 Å². The molecule has 0 heterocycles. The van der Waals surface area contributed by atoms with Crippen molar-refractivity contribution in [3.63, 3.8) is 0 Å². The molecule has 0 fully saturated rings. The summed E-state index contributed by atoms with van der Waals surface area (Å²) in [6.45, 7) is 2.46. The van der Waals surface area contributed by atoms with Crippen molar-refractivity contribution >= 4 is 21.6 Å². The van der Waals surface area contributed by atoms with Crippen LogP contribution >= 0.6 is 0 Å². The summed E-state index contributed by atoms with van der Waals surface area (Å²) >= 11 is 0. The van der Waals surface area contributed by atoms with Gasteiger partial charge in [0, 0.05) is 17.7 Å². The Hall–Kier alpha value is -3.79. The summed E-state index contributed by atoms with van der Waals surface area (Å²) in [6, 6.07) is 15.6. The normalized spacial score (nSPS) is 11.1. The van der Waals surface area contributed by atoms with E-state index in [4.69, 9.17) is 14.2 Å². The molecular formula is C27H31FN2O6S. The highest BCUT2D eigenvalue weighted by atomic mass is 32.2. The number of ether oxygens (including phenoxy) is 3. The molecule has 3 aromatic carbocycles. The summed E-state index contributed by atoms with van der Waals surface area (Å²) in [7, 11) is -0.583. The Balaban J connectivity index is 1.78. The number of halogens is 1. The number of hydrogen-bond donors (Lipinski definition) is 1. The van der Waals surface area contributed by atoms with E-state index in [0.29, 0.717) is 53.6 Å². The predicted molar refractivity (Wildman–Crippen MR) is 141 cm³/mol. The summed E-state index contributed by atoms with van der Waals surface area (Å²) in [4.78, 5) is 12.9. The number of hydrogen-bond acceptors (Lipinski definition) is 6. The first-order valence-electron chi connectivity index (χ1n) is 11.6. The van der Waals surface area contributed by atoms with Crippen LogP contribution in [0, 0.1) is 5.82 Å². The zero-order valence-corrected chi connectivity index (χ0v) is 22.1. The summed E-state index contributed by atoms with van der Waals surface area (Å²) in [5.74, 6) is 0.914. The van der Waals surface area contributed by atoms with Crippen molar-refractivity contribution in [2.24, 2.45) is 0 Å². The lowest BCUT2D eigenvalue weighted by atomic mass is 10.1. The minimum absolute atomic E-state index is 0.0907. The Morgan fingerprint density at radius 1 is 0.946 bits per heavy atom. The number of benzene rings is 3. The van der Waals surface area contributed by atoms with E-state index in [-0.39, 0.29) is 12.5 Å². The molecule has 0 aromatic heterocycles. The zero-order chi connectivity index (χ0) is 27.0. The van der Waals surface area contributed by atoms with E-state index < -0.39 is 15.8 Å². The summed E-state index contributed by atoms with van der Waals surface area (Å²) < 4.78 is 55.9. The Labute approximate surface area is 217 Å². The topological polar surface area (TPSA) is 94.2 Å². The monoisotopic (exact) mass is 530 g/mol. The molecule has 198 valence electrons. The van der Waals surface area contributed by atoms with Crippen LogP contribution in [0.15, 0.2) is 60.7 Å². The van der Waals surface area contributed by atoms with Crippen LogP contribution in [0.25, 0.3) is 0 Å². The maximum Gasteiger partial charge on any atom is 0.251 e. The zero-order valence-electron chi connectivity index (χ0n) is 21.3. The van der Waals surface area contributed by atoms with Gasteiger partial charge in [0.15, 0.2) is 11.5 Å². The van der Waals surface area contributed by atoms with Gasteiger partial charge in [-0.1, -0.05) is 6.07 Å². The number of rotatable bonds is 12. The molecule has 0 unspecified atom stereocenters. The molecule has 0 aliphatic carbocycles. The molecule has 1 N–H and O–H groups in total. The Kier molecular flexibility index (Phi) is 9.35. The average Bonchev–Trinajstić information content (AvgIpc) is 2.88. The maximum absolute atomic E-state index is 13.4. The summed E-state index contributed by atoms with van der Waals surface area (Å²) in [5.41, 5.74) is 2.13. The first-order chi connectivity index (χ1) is 17.7. The van der Waals surface area contributed by atoms with Crippen molar-refractivity contribution in [1.29, 1.82) is 0 Å². The third kappa shape index (κ3) is 7.36. The molecule has 0 saturated heterocycles. The van der Waals surface area contributed by atoms with Crippen LogP contribution in [0.5, 0.6) is 17.2 Å². The third-order valence-electron chi connectivity index (χ3n) is 5.60. The third-order valence-corrected chi connectivity index (χ3v) is 6.74. The van der Waals surface area contributed by atoms with E-state index in [0.717, 1.165) is 16.1 Å². The molecule has 0 atom stereocenters. The number of nitrogens with one attached hydrogen (secondary N) is 1. The maximum atomic E-state index is 13.4. The molecular weight excluding hydrogens is 499 g/mol. The van der Waals surface area contributed by atoms with E-state index >= 15 is 0 Å². The van der Waals surface area contributed by atoms with Gasteiger partial charge in [0.25, 0.3) is 5.91 Å². The van der Waals surface area contributed by atoms with Crippen LogP contribution in [0.4, 0.5) is 10.1 Å². The molecule has 0 radical (unpaired) electrons. The fraction of sp³-hybridized carbons (Fsp3) is 0.296. The van der Waals surface area contributed by atoms with E-state index in [9.17, 15) is 17.6 Å². The fourth-order valence-electron chi connectivity index (χ4n) is 3.76. The smallest absolute Gasteiger partial charge is 0.251 e. The van der Waals surface area contributed by atoms with Crippen LogP contribution < -0.4 is 23.8 Å². The molecule has 0 aliphatic heterocycles. The van der Waals surface area contributed by atoms with Gasteiger partial charge < -0.3 is 19.5 Å². The van der Waals surface area contributed by atoms with Crippen molar-refractivity contribution in [1.82, 2.24) is 5.32 Å². The second-order valence-electron chi connectivity index (χ2n) is 8.20. The van der Waals surface area contributed by atoms with Crippen molar-refractivity contribution in [2.45, 2.75) is 19.9 Å². The number of methoxy groups -OCH3 is 2. The Bertz CT molecular complexity index is 1330. The lowest BCUT2D eigenvalue weighted by molar-refractivity contribution is 0.0954. The van der Waals surface area contributed by atoms with E-state index in [2.05, 4.69) is 5.32 Å². The molecule has 3 aromatic rings. The number of sulfonamides is 1. The highest BCUT2D eigenvalue weighted by Crippen LogP contribution is 2.28. The predicted octanol–water partition coefficient (Wildman–Crippen LogP) is 4.18. The molecule has 0 aliphatic rings. The second-order valence-corrected chi connectivity index (χ2v) is 10.1. The largest absolute Gasteiger partial charge is 0.494 e. The number of anilines is 1. The highest BCUT2D eigenvalue weighted by molar-refractivity contribution is 7.92. The van der Waals surface area contributed by atoms with Crippen LogP contribution in [-0.2, 0) is 23.0 Å². The SMILES string of the molecule is CCOc1ccc(C(=O)NCCc2ccc(OC)c(OC)c2)cc1CN(c1ccc(F)cc1)S(C)(=O)=O. The van der Waals surface area contributed by atoms with Gasteiger partial charge in [-0.2, -0.15) is 0 Å².